The molecule has 1 aromatic carbocycles. The van der Waals surface area contributed by atoms with Gasteiger partial charge in [0.05, 0.1) is 12.0 Å². The van der Waals surface area contributed by atoms with Crippen LogP contribution in [0.1, 0.15) is 51.4 Å². The Labute approximate surface area is 129 Å². The van der Waals surface area contributed by atoms with Gasteiger partial charge in [0.15, 0.2) is 0 Å². The van der Waals surface area contributed by atoms with E-state index in [9.17, 15) is 0 Å². The molecule has 0 aliphatic rings. The minimum absolute atomic E-state index is 0.218. The van der Waals surface area contributed by atoms with E-state index in [4.69, 9.17) is 0 Å². The predicted molar refractivity (Wildman–Crippen MR) is 89.4 cm³/mol. The lowest BCUT2D eigenvalue weighted by atomic mass is 9.80. The minimum atomic E-state index is 0.218. The highest BCUT2D eigenvalue weighted by molar-refractivity contribution is 5.25. The summed E-state index contributed by atoms with van der Waals surface area (Å²) in [6, 6.07) is 9.06. The van der Waals surface area contributed by atoms with Gasteiger partial charge in [-0.25, -0.2) is 4.98 Å². The topological polar surface area (TPSA) is 28.7 Å². The van der Waals surface area contributed by atoms with Crippen LogP contribution in [0.25, 0.3) is 0 Å². The number of imidazole rings is 1. The summed E-state index contributed by atoms with van der Waals surface area (Å²) in [5.74, 6) is 0. The predicted octanol–water partition coefficient (Wildman–Crippen LogP) is 4.81. The lowest BCUT2D eigenvalue weighted by Gasteiger charge is -2.24. The second-order valence-electron chi connectivity index (χ2n) is 8.14. The Hall–Kier alpha value is -1.57. The third-order valence-corrected chi connectivity index (χ3v) is 3.62. The van der Waals surface area contributed by atoms with Crippen LogP contribution in [0, 0.1) is 10.8 Å². The van der Waals surface area contributed by atoms with Crippen LogP contribution in [0.2, 0.25) is 0 Å². The molecule has 0 unspecified atom stereocenters. The Morgan fingerprint density at radius 1 is 0.952 bits per heavy atom. The van der Waals surface area contributed by atoms with Gasteiger partial charge in [0, 0.05) is 6.20 Å². The highest BCUT2D eigenvalue weighted by atomic mass is 14.9. The van der Waals surface area contributed by atoms with Crippen LogP contribution in [-0.2, 0) is 19.3 Å². The lowest BCUT2D eigenvalue weighted by Crippen LogP contribution is -2.19. The normalized spacial score (nSPS) is 12.6. The van der Waals surface area contributed by atoms with Gasteiger partial charge < -0.3 is 4.98 Å². The van der Waals surface area contributed by atoms with Crippen molar-refractivity contribution in [2.45, 2.75) is 53.9 Å². The molecule has 2 aromatic rings. The van der Waals surface area contributed by atoms with Crippen molar-refractivity contribution >= 4 is 0 Å². The molecule has 2 heteroatoms. The zero-order valence-corrected chi connectivity index (χ0v) is 14.0. The number of nitrogens with zero attached hydrogens (tertiary/aromatic N) is 1. The quantitative estimate of drug-likeness (QED) is 0.838. The van der Waals surface area contributed by atoms with Gasteiger partial charge in [-0.05, 0) is 41.2 Å². The smallest absolute Gasteiger partial charge is 0.0923 e. The second kappa shape index (κ2) is 6.05. The number of aromatic amines is 1. The first-order chi connectivity index (χ1) is 9.73. The van der Waals surface area contributed by atoms with E-state index in [1.807, 2.05) is 6.20 Å². The fraction of sp³-hybridized carbons (Fsp3) is 0.526. The van der Waals surface area contributed by atoms with Crippen LogP contribution in [0.15, 0.2) is 36.8 Å². The van der Waals surface area contributed by atoms with Crippen molar-refractivity contribution in [3.8, 4) is 0 Å². The number of rotatable bonds is 5. The fourth-order valence-corrected chi connectivity index (χ4v) is 2.95. The molecule has 0 fully saturated rings. The van der Waals surface area contributed by atoms with Gasteiger partial charge in [0.25, 0.3) is 0 Å². The molecule has 1 heterocycles. The second-order valence-corrected chi connectivity index (χ2v) is 8.14. The number of hydrogen-bond donors (Lipinski definition) is 1. The highest BCUT2D eigenvalue weighted by Crippen LogP contribution is 2.27. The summed E-state index contributed by atoms with van der Waals surface area (Å²) in [5.41, 5.74) is 4.57. The number of hydrogen-bond acceptors (Lipinski definition) is 1. The monoisotopic (exact) mass is 284 g/mol. The van der Waals surface area contributed by atoms with Gasteiger partial charge in [-0.2, -0.15) is 0 Å². The average molecular weight is 284 g/mol. The van der Waals surface area contributed by atoms with Gasteiger partial charge in [-0.15, -0.1) is 0 Å². The number of aromatic nitrogens is 2. The van der Waals surface area contributed by atoms with Gasteiger partial charge in [-0.1, -0.05) is 58.9 Å². The molecular weight excluding hydrogens is 256 g/mol. The molecule has 0 amide bonds. The summed E-state index contributed by atoms with van der Waals surface area (Å²) in [5, 5.41) is 0. The summed E-state index contributed by atoms with van der Waals surface area (Å²) in [6.45, 7) is 11.5. The molecule has 0 spiro atoms. The first kappa shape index (κ1) is 15.8. The maximum atomic E-state index is 4.35. The standard InChI is InChI=1S/C19H28N2/c1-18(2,3)10-15-7-6-8-16(9-15)11-19(4,5)12-17-13-20-14-21-17/h6-9,13-14H,10-12H2,1-5H3,(H,20,21). The van der Waals surface area contributed by atoms with Crippen LogP contribution < -0.4 is 0 Å². The third-order valence-electron chi connectivity index (χ3n) is 3.62. The summed E-state index contributed by atoms with van der Waals surface area (Å²) in [4.78, 5) is 7.39. The molecule has 2 nitrogen and oxygen atoms in total. The molecule has 0 saturated carbocycles. The maximum absolute atomic E-state index is 4.35. The van der Waals surface area contributed by atoms with E-state index >= 15 is 0 Å². The van der Waals surface area contributed by atoms with E-state index in [0.717, 1.165) is 25.0 Å². The zero-order valence-electron chi connectivity index (χ0n) is 14.0. The SMILES string of the molecule is CC(C)(C)Cc1cccc(CC(C)(C)Cc2c[nH]cn2)c1. The largest absolute Gasteiger partial charge is 0.351 e. The van der Waals surface area contributed by atoms with E-state index in [-0.39, 0.29) is 5.41 Å². The molecule has 1 N–H and O–H groups in total. The van der Waals surface area contributed by atoms with Crippen molar-refractivity contribution in [2.75, 3.05) is 0 Å². The van der Waals surface area contributed by atoms with Gasteiger partial charge in [0.2, 0.25) is 0 Å². The zero-order chi connectivity index (χ0) is 15.5. The first-order valence-corrected chi connectivity index (χ1v) is 7.79. The van der Waals surface area contributed by atoms with Crippen LogP contribution in [0.3, 0.4) is 0 Å². The summed E-state index contributed by atoms with van der Waals surface area (Å²) in [6.07, 6.45) is 6.96. The first-order valence-electron chi connectivity index (χ1n) is 7.79. The van der Waals surface area contributed by atoms with Crippen LogP contribution >= 0.6 is 0 Å². The summed E-state index contributed by atoms with van der Waals surface area (Å²) in [7, 11) is 0. The maximum Gasteiger partial charge on any atom is 0.0923 e. The molecule has 0 bridgehead atoms. The molecule has 0 saturated heterocycles. The van der Waals surface area contributed by atoms with E-state index in [1.165, 1.54) is 11.1 Å². The van der Waals surface area contributed by atoms with Gasteiger partial charge >= 0.3 is 0 Å². The Morgan fingerprint density at radius 3 is 2.19 bits per heavy atom. The minimum Gasteiger partial charge on any atom is -0.351 e. The number of benzene rings is 1. The van der Waals surface area contributed by atoms with Crippen molar-refractivity contribution in [2.24, 2.45) is 10.8 Å². The molecule has 0 aliphatic carbocycles. The van der Waals surface area contributed by atoms with Gasteiger partial charge in [0.1, 0.15) is 0 Å². The Morgan fingerprint density at radius 2 is 1.62 bits per heavy atom. The lowest BCUT2D eigenvalue weighted by molar-refractivity contribution is 0.357. The van der Waals surface area contributed by atoms with E-state index in [2.05, 4.69) is 68.9 Å². The van der Waals surface area contributed by atoms with Gasteiger partial charge in [-0.3, -0.25) is 0 Å². The van der Waals surface area contributed by atoms with E-state index in [1.54, 1.807) is 6.33 Å². The molecule has 114 valence electrons. The van der Waals surface area contributed by atoms with Crippen LogP contribution in [-0.4, -0.2) is 9.97 Å². The highest BCUT2D eigenvalue weighted by Gasteiger charge is 2.20. The Kier molecular flexibility index (Phi) is 4.55. The summed E-state index contributed by atoms with van der Waals surface area (Å²) >= 11 is 0. The van der Waals surface area contributed by atoms with Crippen molar-refractivity contribution < 1.29 is 0 Å². The average Bonchev–Trinajstić information content (AvgIpc) is 2.78. The summed E-state index contributed by atoms with van der Waals surface area (Å²) < 4.78 is 0. The Balaban J connectivity index is 2.06. The molecule has 21 heavy (non-hydrogen) atoms. The number of nitrogens with one attached hydrogen (secondary N) is 1. The van der Waals surface area contributed by atoms with Crippen molar-refractivity contribution in [3.05, 3.63) is 53.6 Å². The van der Waals surface area contributed by atoms with Crippen molar-refractivity contribution in [1.82, 2.24) is 9.97 Å². The molecule has 2 rings (SSSR count). The van der Waals surface area contributed by atoms with E-state index in [0.29, 0.717) is 5.41 Å². The fourth-order valence-electron chi connectivity index (χ4n) is 2.95. The Bertz CT molecular complexity index is 560. The molecule has 0 radical (unpaired) electrons. The molecule has 0 aliphatic heterocycles. The van der Waals surface area contributed by atoms with Crippen LogP contribution in [0.5, 0.6) is 0 Å². The van der Waals surface area contributed by atoms with Crippen molar-refractivity contribution in [3.63, 3.8) is 0 Å². The van der Waals surface area contributed by atoms with Crippen LogP contribution in [0.4, 0.5) is 0 Å². The third kappa shape index (κ3) is 5.37. The molecule has 0 atom stereocenters. The van der Waals surface area contributed by atoms with Crippen molar-refractivity contribution in [1.29, 1.82) is 0 Å². The number of H-pyrrole nitrogens is 1. The molecular formula is C19H28N2. The molecule has 1 aromatic heterocycles. The van der Waals surface area contributed by atoms with E-state index < -0.39 is 0 Å².